The Morgan fingerprint density at radius 1 is 0.741 bits per heavy atom. The number of nitrogens with one attached hydrogen (secondary N) is 2. The predicted octanol–water partition coefficient (Wildman–Crippen LogP) is 3.10. The van der Waals surface area contributed by atoms with Gasteiger partial charge in [0.15, 0.2) is 17.3 Å². The molecule has 0 saturated carbocycles. The molecule has 134 valence electrons. The van der Waals surface area contributed by atoms with Gasteiger partial charge in [0.05, 0.1) is 0 Å². The van der Waals surface area contributed by atoms with Gasteiger partial charge in [0, 0.05) is 37.3 Å². The Labute approximate surface area is 157 Å². The molecule has 6 heteroatoms. The largest absolute Gasteiger partial charge is 0.352 e. The number of H-pyrrole nitrogens is 1. The third-order valence-electron chi connectivity index (χ3n) is 4.83. The molecule has 0 radical (unpaired) electrons. The standard InChI is InChI=1S/C21H20N6/c1-3-7-15(8-4-1)18-23-17-20(24-18)25-19(16-9-5-2-6-10-16)26-21(17)27-13-11-22-12-14-27/h1-10,22H,11-14H2,(H,23,24,25,26). The van der Waals surface area contributed by atoms with Gasteiger partial charge in [-0.05, 0) is 0 Å². The van der Waals surface area contributed by atoms with Crippen LogP contribution in [0, 0.1) is 0 Å². The van der Waals surface area contributed by atoms with Gasteiger partial charge >= 0.3 is 0 Å². The van der Waals surface area contributed by atoms with Gasteiger partial charge in [-0.1, -0.05) is 60.7 Å². The summed E-state index contributed by atoms with van der Waals surface area (Å²) in [6.45, 7) is 3.73. The lowest BCUT2D eigenvalue weighted by Gasteiger charge is -2.28. The summed E-state index contributed by atoms with van der Waals surface area (Å²) < 4.78 is 0. The van der Waals surface area contributed by atoms with Gasteiger partial charge in [0.2, 0.25) is 0 Å². The van der Waals surface area contributed by atoms with E-state index < -0.39 is 0 Å². The van der Waals surface area contributed by atoms with E-state index in [1.54, 1.807) is 0 Å². The number of benzene rings is 2. The third kappa shape index (κ3) is 3.04. The van der Waals surface area contributed by atoms with Gasteiger partial charge < -0.3 is 15.2 Å². The van der Waals surface area contributed by atoms with Gasteiger partial charge in [0.25, 0.3) is 0 Å². The fourth-order valence-electron chi connectivity index (χ4n) is 3.44. The minimum atomic E-state index is 0.705. The zero-order valence-electron chi connectivity index (χ0n) is 14.9. The topological polar surface area (TPSA) is 69.7 Å². The van der Waals surface area contributed by atoms with Crippen LogP contribution in [0.25, 0.3) is 33.9 Å². The maximum atomic E-state index is 4.92. The van der Waals surface area contributed by atoms with Crippen LogP contribution in [-0.2, 0) is 0 Å². The highest BCUT2D eigenvalue weighted by atomic mass is 15.3. The molecule has 1 aliphatic heterocycles. The first-order valence-corrected chi connectivity index (χ1v) is 9.23. The molecule has 2 N–H and O–H groups in total. The van der Waals surface area contributed by atoms with Crippen molar-refractivity contribution in [2.75, 3.05) is 31.1 Å². The van der Waals surface area contributed by atoms with Gasteiger partial charge in [-0.15, -0.1) is 0 Å². The zero-order chi connectivity index (χ0) is 18.1. The summed E-state index contributed by atoms with van der Waals surface area (Å²) in [6.07, 6.45) is 0. The smallest absolute Gasteiger partial charge is 0.184 e. The van der Waals surface area contributed by atoms with E-state index >= 15 is 0 Å². The maximum absolute atomic E-state index is 4.92. The molecule has 1 saturated heterocycles. The number of anilines is 1. The lowest BCUT2D eigenvalue weighted by molar-refractivity contribution is 0.586. The first-order chi connectivity index (χ1) is 13.4. The predicted molar refractivity (Wildman–Crippen MR) is 108 cm³/mol. The second kappa shape index (κ2) is 6.81. The molecule has 4 aromatic rings. The molecular formula is C21H20N6. The van der Waals surface area contributed by atoms with E-state index in [1.165, 1.54) is 0 Å². The van der Waals surface area contributed by atoms with E-state index in [-0.39, 0.29) is 0 Å². The first-order valence-electron chi connectivity index (χ1n) is 9.23. The van der Waals surface area contributed by atoms with Gasteiger partial charge in [-0.2, -0.15) is 0 Å². The maximum Gasteiger partial charge on any atom is 0.184 e. The molecule has 0 spiro atoms. The van der Waals surface area contributed by atoms with Crippen LogP contribution >= 0.6 is 0 Å². The molecule has 27 heavy (non-hydrogen) atoms. The molecular weight excluding hydrogens is 336 g/mol. The van der Waals surface area contributed by atoms with Crippen molar-refractivity contribution < 1.29 is 0 Å². The second-order valence-corrected chi connectivity index (χ2v) is 6.62. The quantitative estimate of drug-likeness (QED) is 0.590. The van der Waals surface area contributed by atoms with Crippen molar-refractivity contribution in [3.8, 4) is 22.8 Å². The number of aromatic nitrogens is 4. The molecule has 1 fully saturated rings. The normalized spacial score (nSPS) is 14.6. The van der Waals surface area contributed by atoms with E-state index in [0.717, 1.165) is 54.5 Å². The average molecular weight is 356 g/mol. The van der Waals surface area contributed by atoms with Gasteiger partial charge in [0.1, 0.15) is 11.3 Å². The minimum absolute atomic E-state index is 0.705. The highest BCUT2D eigenvalue weighted by Gasteiger charge is 2.20. The Bertz CT molecular complexity index is 1050. The summed E-state index contributed by atoms with van der Waals surface area (Å²) in [4.78, 5) is 20.2. The molecule has 1 aliphatic rings. The Kier molecular flexibility index (Phi) is 4.03. The van der Waals surface area contributed by atoms with Crippen LogP contribution in [0.4, 0.5) is 5.82 Å². The number of fused-ring (bicyclic) bond motifs is 1. The number of hydrogen-bond donors (Lipinski definition) is 2. The number of nitrogens with zero attached hydrogens (tertiary/aromatic N) is 4. The molecule has 0 unspecified atom stereocenters. The van der Waals surface area contributed by atoms with Gasteiger partial charge in [-0.3, -0.25) is 0 Å². The Balaban J connectivity index is 1.69. The molecule has 0 amide bonds. The number of hydrogen-bond acceptors (Lipinski definition) is 5. The van der Waals surface area contributed by atoms with Crippen LogP contribution in [0.15, 0.2) is 60.7 Å². The van der Waals surface area contributed by atoms with E-state index in [0.29, 0.717) is 11.5 Å². The first kappa shape index (κ1) is 16.0. The fourth-order valence-corrected chi connectivity index (χ4v) is 3.44. The van der Waals surface area contributed by atoms with Crippen LogP contribution in [0.3, 0.4) is 0 Å². The highest BCUT2D eigenvalue weighted by molar-refractivity contribution is 5.88. The van der Waals surface area contributed by atoms with Crippen molar-refractivity contribution in [2.24, 2.45) is 0 Å². The van der Waals surface area contributed by atoms with Crippen molar-refractivity contribution in [3.05, 3.63) is 60.7 Å². The fraction of sp³-hybridized carbons (Fsp3) is 0.190. The molecule has 0 bridgehead atoms. The molecule has 3 heterocycles. The Hall–Kier alpha value is -3.25. The zero-order valence-corrected chi connectivity index (χ0v) is 14.9. The van der Waals surface area contributed by atoms with Crippen molar-refractivity contribution >= 4 is 17.0 Å². The summed E-state index contributed by atoms with van der Waals surface area (Å²) in [7, 11) is 0. The summed E-state index contributed by atoms with van der Waals surface area (Å²) in [6, 6.07) is 20.2. The molecule has 2 aromatic carbocycles. The van der Waals surface area contributed by atoms with Crippen molar-refractivity contribution in [3.63, 3.8) is 0 Å². The molecule has 5 rings (SSSR count). The molecule has 2 aromatic heterocycles. The Morgan fingerprint density at radius 3 is 2.11 bits per heavy atom. The van der Waals surface area contributed by atoms with Gasteiger partial charge in [-0.25, -0.2) is 15.0 Å². The number of imidazole rings is 1. The lowest BCUT2D eigenvalue weighted by Crippen LogP contribution is -2.44. The number of rotatable bonds is 3. The van der Waals surface area contributed by atoms with Crippen LogP contribution < -0.4 is 10.2 Å². The summed E-state index contributed by atoms with van der Waals surface area (Å²) >= 11 is 0. The summed E-state index contributed by atoms with van der Waals surface area (Å²) in [5.41, 5.74) is 3.65. The van der Waals surface area contributed by atoms with E-state index in [4.69, 9.17) is 15.0 Å². The number of aromatic amines is 1. The molecule has 6 nitrogen and oxygen atoms in total. The second-order valence-electron chi connectivity index (χ2n) is 6.62. The van der Waals surface area contributed by atoms with Crippen LogP contribution in [-0.4, -0.2) is 46.1 Å². The van der Waals surface area contributed by atoms with Crippen LogP contribution in [0.5, 0.6) is 0 Å². The van der Waals surface area contributed by atoms with Crippen LogP contribution in [0.1, 0.15) is 0 Å². The minimum Gasteiger partial charge on any atom is -0.352 e. The van der Waals surface area contributed by atoms with E-state index in [2.05, 4.69) is 15.2 Å². The van der Waals surface area contributed by atoms with Crippen molar-refractivity contribution in [2.45, 2.75) is 0 Å². The van der Waals surface area contributed by atoms with Crippen molar-refractivity contribution in [1.82, 2.24) is 25.3 Å². The lowest BCUT2D eigenvalue weighted by atomic mass is 10.2. The summed E-state index contributed by atoms with van der Waals surface area (Å²) in [5, 5.41) is 3.40. The number of piperazine rings is 1. The molecule has 0 aliphatic carbocycles. The molecule has 0 atom stereocenters. The monoisotopic (exact) mass is 356 g/mol. The SMILES string of the molecule is c1ccc(-c2nc(N3CCNCC3)c3[nH]c(-c4ccccc4)nc3n2)cc1. The Morgan fingerprint density at radius 2 is 1.41 bits per heavy atom. The van der Waals surface area contributed by atoms with E-state index in [1.807, 2.05) is 60.7 Å². The van der Waals surface area contributed by atoms with E-state index in [9.17, 15) is 0 Å². The third-order valence-corrected chi connectivity index (χ3v) is 4.83. The van der Waals surface area contributed by atoms with Crippen LogP contribution in [0.2, 0.25) is 0 Å². The summed E-state index contributed by atoms with van der Waals surface area (Å²) in [5.74, 6) is 2.46. The van der Waals surface area contributed by atoms with Crippen molar-refractivity contribution in [1.29, 1.82) is 0 Å². The average Bonchev–Trinajstić information content (AvgIpc) is 3.19. The highest BCUT2D eigenvalue weighted by Crippen LogP contribution is 2.29.